The summed E-state index contributed by atoms with van der Waals surface area (Å²) in [6, 6.07) is 17.1. The minimum absolute atomic E-state index is 0.192. The molecular formula is C26H22BrNO6S. The molecule has 1 saturated heterocycles. The molecule has 0 aromatic heterocycles. The smallest absolute Gasteiger partial charge is 0.343 e. The van der Waals surface area contributed by atoms with Crippen molar-refractivity contribution in [2.24, 2.45) is 0 Å². The van der Waals surface area contributed by atoms with Crippen LogP contribution in [0.5, 0.6) is 11.5 Å². The largest absolute Gasteiger partial charge is 0.490 e. The Bertz CT molecular complexity index is 1330. The highest BCUT2D eigenvalue weighted by Crippen LogP contribution is 2.39. The molecule has 1 aliphatic rings. The van der Waals surface area contributed by atoms with E-state index in [2.05, 4.69) is 20.7 Å². The molecule has 1 heterocycles. The number of esters is 1. The summed E-state index contributed by atoms with van der Waals surface area (Å²) in [6.07, 6.45) is 1.64. The lowest BCUT2D eigenvalue weighted by Crippen LogP contribution is -2.27. The molecule has 0 spiro atoms. The summed E-state index contributed by atoms with van der Waals surface area (Å²) in [6.45, 7) is 2.11. The fourth-order valence-corrected chi connectivity index (χ4v) is 5.07. The lowest BCUT2D eigenvalue weighted by atomic mass is 10.0. The van der Waals surface area contributed by atoms with Crippen LogP contribution < -0.4 is 9.47 Å². The number of benzene rings is 3. The van der Waals surface area contributed by atoms with Gasteiger partial charge in [-0.1, -0.05) is 42.5 Å². The Morgan fingerprint density at radius 2 is 1.86 bits per heavy atom. The van der Waals surface area contributed by atoms with Gasteiger partial charge in [0.1, 0.15) is 0 Å². The number of hydrogen-bond donors (Lipinski definition) is 0. The first-order chi connectivity index (χ1) is 16.9. The monoisotopic (exact) mass is 555 g/mol. The van der Waals surface area contributed by atoms with Gasteiger partial charge >= 0.3 is 5.97 Å². The second-order valence-corrected chi connectivity index (χ2v) is 9.38. The lowest BCUT2D eigenvalue weighted by molar-refractivity contribution is -0.143. The average Bonchev–Trinajstić information content (AvgIpc) is 3.11. The van der Waals surface area contributed by atoms with Crippen LogP contribution in [0.25, 0.3) is 16.8 Å². The van der Waals surface area contributed by atoms with Crippen LogP contribution in [-0.4, -0.2) is 42.3 Å². The van der Waals surface area contributed by atoms with Gasteiger partial charge in [-0.2, -0.15) is 0 Å². The van der Waals surface area contributed by atoms with E-state index in [0.717, 1.165) is 28.1 Å². The van der Waals surface area contributed by atoms with Gasteiger partial charge in [0.05, 0.1) is 29.6 Å². The predicted molar refractivity (Wildman–Crippen MR) is 138 cm³/mol. The summed E-state index contributed by atoms with van der Waals surface area (Å²) in [5, 5.41) is 1.73. The van der Waals surface area contributed by atoms with E-state index in [1.165, 1.54) is 12.0 Å². The summed E-state index contributed by atoms with van der Waals surface area (Å²) in [7, 11) is 1.28. The van der Waals surface area contributed by atoms with Gasteiger partial charge in [-0.15, -0.1) is 0 Å². The fraction of sp³-hybridized carbons (Fsp3) is 0.192. The van der Waals surface area contributed by atoms with Gasteiger partial charge in [-0.05, 0) is 74.7 Å². The van der Waals surface area contributed by atoms with E-state index in [0.29, 0.717) is 33.0 Å². The zero-order chi connectivity index (χ0) is 24.9. The molecule has 7 nitrogen and oxygen atoms in total. The molecule has 0 aliphatic carbocycles. The molecule has 2 amide bonds. The highest BCUT2D eigenvalue weighted by molar-refractivity contribution is 9.10. The summed E-state index contributed by atoms with van der Waals surface area (Å²) < 4.78 is 16.4. The van der Waals surface area contributed by atoms with Crippen molar-refractivity contribution < 1.29 is 28.6 Å². The molecule has 0 atom stereocenters. The van der Waals surface area contributed by atoms with E-state index < -0.39 is 5.97 Å². The minimum Gasteiger partial charge on any atom is -0.490 e. The Balaban J connectivity index is 1.59. The molecule has 1 aliphatic heterocycles. The average molecular weight is 556 g/mol. The van der Waals surface area contributed by atoms with Crippen LogP contribution in [0, 0.1) is 0 Å². The number of nitrogens with zero attached hydrogens (tertiary/aromatic N) is 1. The van der Waals surface area contributed by atoms with Crippen molar-refractivity contribution in [1.82, 2.24) is 4.90 Å². The number of carbonyl (C=O) groups is 3. The normalized spacial score (nSPS) is 14.6. The zero-order valence-electron chi connectivity index (χ0n) is 19.1. The molecule has 35 heavy (non-hydrogen) atoms. The Labute approximate surface area is 215 Å². The topological polar surface area (TPSA) is 82.1 Å². The number of hydrogen-bond acceptors (Lipinski definition) is 7. The number of thioether (sulfide) groups is 1. The first-order valence-electron chi connectivity index (χ1n) is 10.8. The van der Waals surface area contributed by atoms with Gasteiger partial charge in [-0.3, -0.25) is 14.5 Å². The van der Waals surface area contributed by atoms with Gasteiger partial charge in [0.2, 0.25) is 0 Å². The van der Waals surface area contributed by atoms with Gasteiger partial charge in [0, 0.05) is 0 Å². The number of halogens is 1. The minimum atomic E-state index is -0.525. The number of fused-ring (bicyclic) bond motifs is 1. The lowest BCUT2D eigenvalue weighted by Gasteiger charge is -2.15. The fourth-order valence-electron chi connectivity index (χ4n) is 3.65. The third-order valence-electron chi connectivity index (χ3n) is 5.27. The third kappa shape index (κ3) is 5.52. The maximum Gasteiger partial charge on any atom is 0.343 e. The summed E-state index contributed by atoms with van der Waals surface area (Å²) >= 11 is 4.34. The van der Waals surface area contributed by atoms with E-state index in [9.17, 15) is 14.4 Å². The van der Waals surface area contributed by atoms with Gasteiger partial charge in [0.25, 0.3) is 11.1 Å². The third-order valence-corrected chi connectivity index (χ3v) is 6.77. The maximum atomic E-state index is 13.1. The molecule has 0 N–H and O–H groups in total. The Morgan fingerprint density at radius 3 is 2.63 bits per heavy atom. The zero-order valence-corrected chi connectivity index (χ0v) is 21.5. The molecule has 0 radical (unpaired) electrons. The summed E-state index contributed by atoms with van der Waals surface area (Å²) in [4.78, 5) is 38.9. The number of imide groups is 1. The van der Waals surface area contributed by atoms with Crippen molar-refractivity contribution in [3.05, 3.63) is 75.1 Å². The maximum absolute atomic E-state index is 13.1. The van der Waals surface area contributed by atoms with Crippen LogP contribution in [0.15, 0.2) is 64.0 Å². The van der Waals surface area contributed by atoms with Crippen LogP contribution in [0.1, 0.15) is 18.1 Å². The number of methoxy groups -OCH3 is 1. The number of ether oxygens (including phenoxy) is 3. The van der Waals surface area contributed by atoms with Crippen LogP contribution in [0.2, 0.25) is 0 Å². The molecule has 4 rings (SSSR count). The molecule has 1 fully saturated rings. The van der Waals surface area contributed by atoms with Crippen molar-refractivity contribution in [3.63, 3.8) is 0 Å². The van der Waals surface area contributed by atoms with Crippen LogP contribution >= 0.6 is 27.7 Å². The molecule has 3 aromatic rings. The van der Waals surface area contributed by atoms with Crippen molar-refractivity contribution >= 4 is 61.7 Å². The number of amides is 2. The SMILES string of the molecule is CCOc1cc(/C=C2\SC(=O)N(Cc3cccc4ccccc34)C2=O)cc(Br)c1OCC(=O)OC. The molecule has 0 bridgehead atoms. The van der Waals surface area contributed by atoms with Crippen molar-refractivity contribution in [2.45, 2.75) is 13.5 Å². The standard InChI is InChI=1S/C26H22BrNO6S/c1-3-33-21-12-16(11-20(27)24(21)34-15-23(29)32-2)13-22-25(30)28(26(31)35-22)14-18-9-6-8-17-7-4-5-10-19(17)18/h4-13H,3,14-15H2,1-2H3/b22-13-. The number of carbonyl (C=O) groups excluding carboxylic acids is 3. The molecule has 0 unspecified atom stereocenters. The van der Waals surface area contributed by atoms with Crippen molar-refractivity contribution in [1.29, 1.82) is 0 Å². The quantitative estimate of drug-likeness (QED) is 0.257. The van der Waals surface area contributed by atoms with E-state index in [1.54, 1.807) is 18.2 Å². The van der Waals surface area contributed by atoms with Gasteiger partial charge in [-0.25, -0.2) is 4.79 Å². The van der Waals surface area contributed by atoms with E-state index in [4.69, 9.17) is 9.47 Å². The van der Waals surface area contributed by atoms with Crippen LogP contribution in [0.3, 0.4) is 0 Å². The van der Waals surface area contributed by atoms with Crippen LogP contribution in [-0.2, 0) is 20.9 Å². The second-order valence-electron chi connectivity index (χ2n) is 7.53. The Hall–Kier alpha value is -3.30. The van der Waals surface area contributed by atoms with Crippen molar-refractivity contribution in [3.8, 4) is 11.5 Å². The Morgan fingerprint density at radius 1 is 1.09 bits per heavy atom. The van der Waals surface area contributed by atoms with E-state index in [1.807, 2.05) is 49.4 Å². The number of rotatable bonds is 8. The second kappa shape index (κ2) is 11.0. The highest BCUT2D eigenvalue weighted by Gasteiger charge is 2.35. The Kier molecular flexibility index (Phi) is 7.77. The summed E-state index contributed by atoms with van der Waals surface area (Å²) in [5.74, 6) is -0.137. The van der Waals surface area contributed by atoms with Gasteiger partial charge < -0.3 is 14.2 Å². The molecule has 180 valence electrons. The predicted octanol–water partition coefficient (Wildman–Crippen LogP) is 5.79. The highest BCUT2D eigenvalue weighted by atomic mass is 79.9. The first-order valence-corrected chi connectivity index (χ1v) is 12.4. The first kappa shape index (κ1) is 24.8. The van der Waals surface area contributed by atoms with Gasteiger partial charge in [0.15, 0.2) is 18.1 Å². The molecule has 9 heteroatoms. The molecule has 3 aromatic carbocycles. The van der Waals surface area contributed by atoms with E-state index in [-0.39, 0.29) is 24.3 Å². The van der Waals surface area contributed by atoms with Crippen LogP contribution in [0.4, 0.5) is 4.79 Å². The van der Waals surface area contributed by atoms with E-state index >= 15 is 0 Å². The molecular weight excluding hydrogens is 534 g/mol. The van der Waals surface area contributed by atoms with Crippen molar-refractivity contribution in [2.75, 3.05) is 20.3 Å². The molecule has 0 saturated carbocycles. The summed E-state index contributed by atoms with van der Waals surface area (Å²) in [5.41, 5.74) is 1.54.